The maximum atomic E-state index is 12.3. The summed E-state index contributed by atoms with van der Waals surface area (Å²) in [7, 11) is -3.86. The van der Waals surface area contributed by atoms with Gasteiger partial charge in [0.15, 0.2) is 0 Å². The zero-order chi connectivity index (χ0) is 22.6. The Morgan fingerprint density at radius 2 is 1.71 bits per heavy atom. The highest BCUT2D eigenvalue weighted by Gasteiger charge is 2.14. The zero-order valence-electron chi connectivity index (χ0n) is 16.5. The number of phenolic OH excluding ortho intramolecular Hbond substituents is 1. The van der Waals surface area contributed by atoms with Crippen LogP contribution < -0.4 is 16.2 Å². The number of aryl methyl sites for hydroxylation is 1. The van der Waals surface area contributed by atoms with Crippen LogP contribution in [0.5, 0.6) is 5.75 Å². The third-order valence-corrected chi connectivity index (χ3v) is 5.63. The Labute approximate surface area is 180 Å². The van der Waals surface area contributed by atoms with Crippen molar-refractivity contribution in [2.45, 2.75) is 17.7 Å². The van der Waals surface area contributed by atoms with Gasteiger partial charge in [0, 0.05) is 17.7 Å². The van der Waals surface area contributed by atoms with Crippen molar-refractivity contribution >= 4 is 27.5 Å². The number of hydrogen-bond donors (Lipinski definition) is 5. The molecule has 0 spiro atoms. The third kappa shape index (κ3) is 5.47. The highest BCUT2D eigenvalue weighted by molar-refractivity contribution is 7.89. The molecule has 0 aliphatic carbocycles. The molecule has 31 heavy (non-hydrogen) atoms. The number of carbonyl (C=O) groups excluding carboxylic acids is 1. The van der Waals surface area contributed by atoms with E-state index in [2.05, 4.69) is 5.32 Å². The van der Waals surface area contributed by atoms with Crippen molar-refractivity contribution in [2.75, 3.05) is 5.32 Å². The molecule has 3 rings (SSSR count). The fourth-order valence-corrected chi connectivity index (χ4v) is 3.88. The summed E-state index contributed by atoms with van der Waals surface area (Å²) in [5.41, 5.74) is 8.14. The number of nitrogens with one attached hydrogen (secondary N) is 2. The number of amides is 1. The normalized spacial score (nSPS) is 11.1. The van der Waals surface area contributed by atoms with E-state index in [0.29, 0.717) is 23.2 Å². The van der Waals surface area contributed by atoms with Gasteiger partial charge in [-0.1, -0.05) is 36.4 Å². The van der Waals surface area contributed by atoms with E-state index in [-0.39, 0.29) is 34.4 Å². The Kier molecular flexibility index (Phi) is 6.38. The van der Waals surface area contributed by atoms with Gasteiger partial charge >= 0.3 is 0 Å². The van der Waals surface area contributed by atoms with E-state index < -0.39 is 10.0 Å². The minimum absolute atomic E-state index is 0.0330. The number of nitrogen functional groups attached to an aromatic ring is 1. The molecule has 0 radical (unpaired) electrons. The number of primary sulfonamides is 1. The molecular weight excluding hydrogens is 416 g/mol. The number of phenols is 1. The second-order valence-electron chi connectivity index (χ2n) is 6.93. The predicted molar refractivity (Wildman–Crippen MR) is 119 cm³/mol. The Morgan fingerprint density at radius 1 is 1.03 bits per heavy atom. The summed E-state index contributed by atoms with van der Waals surface area (Å²) in [6, 6.07) is 17.9. The standard InChI is InChI=1S/C22H22N4O4S/c23-22(24)18-13-14(5-11-19(18)27)6-12-21(28)26-16-9-7-15(8-10-16)17-3-1-2-4-20(17)31(25,29)30/h1-5,7-11,13,27H,6,12H2,(H3,23,24)(H,26,28)(H2,25,29,30). The summed E-state index contributed by atoms with van der Waals surface area (Å²) in [5, 5.41) is 25.2. The Bertz CT molecular complexity index is 1240. The van der Waals surface area contributed by atoms with Crippen molar-refractivity contribution in [1.29, 1.82) is 5.41 Å². The number of carbonyl (C=O) groups is 1. The fourth-order valence-electron chi connectivity index (χ4n) is 3.12. The minimum Gasteiger partial charge on any atom is -0.507 e. The Hall–Kier alpha value is -3.69. The highest BCUT2D eigenvalue weighted by atomic mass is 32.2. The number of benzene rings is 3. The van der Waals surface area contributed by atoms with Gasteiger partial charge in [0.2, 0.25) is 15.9 Å². The summed E-state index contributed by atoms with van der Waals surface area (Å²) >= 11 is 0. The largest absolute Gasteiger partial charge is 0.507 e. The molecule has 0 saturated carbocycles. The molecule has 0 aliphatic rings. The van der Waals surface area contributed by atoms with Crippen LogP contribution in [-0.2, 0) is 21.2 Å². The lowest BCUT2D eigenvalue weighted by molar-refractivity contribution is -0.116. The van der Waals surface area contributed by atoms with Crippen LogP contribution in [0.25, 0.3) is 11.1 Å². The summed E-state index contributed by atoms with van der Waals surface area (Å²) in [4.78, 5) is 12.3. The molecule has 1 amide bonds. The second kappa shape index (κ2) is 8.99. The van der Waals surface area contributed by atoms with Gasteiger partial charge in [-0.05, 0) is 47.9 Å². The molecule has 0 heterocycles. The van der Waals surface area contributed by atoms with E-state index in [1.165, 1.54) is 12.1 Å². The molecule has 160 valence electrons. The maximum Gasteiger partial charge on any atom is 0.238 e. The number of amidine groups is 1. The van der Waals surface area contributed by atoms with Gasteiger partial charge in [0.25, 0.3) is 0 Å². The van der Waals surface area contributed by atoms with Crippen LogP contribution >= 0.6 is 0 Å². The van der Waals surface area contributed by atoms with E-state index >= 15 is 0 Å². The topological polar surface area (TPSA) is 159 Å². The van der Waals surface area contributed by atoms with Gasteiger partial charge in [-0.2, -0.15) is 0 Å². The van der Waals surface area contributed by atoms with Gasteiger partial charge < -0.3 is 16.2 Å². The van der Waals surface area contributed by atoms with E-state index in [0.717, 1.165) is 5.56 Å². The minimum atomic E-state index is -3.86. The number of aromatic hydroxyl groups is 1. The summed E-state index contributed by atoms with van der Waals surface area (Å²) < 4.78 is 23.6. The first-order valence-corrected chi connectivity index (χ1v) is 10.9. The fraction of sp³-hybridized carbons (Fsp3) is 0.0909. The number of hydrogen-bond acceptors (Lipinski definition) is 5. The van der Waals surface area contributed by atoms with Gasteiger partial charge in [-0.3, -0.25) is 10.2 Å². The molecule has 0 bridgehead atoms. The monoisotopic (exact) mass is 438 g/mol. The van der Waals surface area contributed by atoms with Crippen LogP contribution in [0.15, 0.2) is 71.6 Å². The highest BCUT2D eigenvalue weighted by Crippen LogP contribution is 2.27. The Balaban J connectivity index is 1.66. The number of sulfonamides is 1. The molecule has 0 unspecified atom stereocenters. The number of rotatable bonds is 7. The SMILES string of the molecule is N=C(N)c1cc(CCC(=O)Nc2ccc(-c3ccccc3S(N)(=O)=O)cc2)ccc1O. The average molecular weight is 439 g/mol. The molecule has 3 aromatic carbocycles. The first kappa shape index (κ1) is 22.0. The van der Waals surface area contributed by atoms with Crippen LogP contribution in [0.1, 0.15) is 17.5 Å². The third-order valence-electron chi connectivity index (χ3n) is 4.67. The van der Waals surface area contributed by atoms with Gasteiger partial charge in [-0.15, -0.1) is 0 Å². The predicted octanol–water partition coefficient (Wildman–Crippen LogP) is 2.56. The van der Waals surface area contributed by atoms with Crippen LogP contribution in [-0.4, -0.2) is 25.3 Å². The molecule has 0 saturated heterocycles. The zero-order valence-corrected chi connectivity index (χ0v) is 17.3. The van der Waals surface area contributed by atoms with Crippen molar-refractivity contribution < 1.29 is 18.3 Å². The van der Waals surface area contributed by atoms with Crippen molar-refractivity contribution in [3.05, 3.63) is 77.9 Å². The van der Waals surface area contributed by atoms with Crippen LogP contribution in [0.2, 0.25) is 0 Å². The molecule has 0 aliphatic heterocycles. The van der Waals surface area contributed by atoms with Crippen LogP contribution in [0.4, 0.5) is 5.69 Å². The molecular formula is C22H22N4O4S. The van der Waals surface area contributed by atoms with Crippen LogP contribution in [0, 0.1) is 5.41 Å². The lowest BCUT2D eigenvalue weighted by Crippen LogP contribution is -2.14. The first-order valence-electron chi connectivity index (χ1n) is 9.33. The van der Waals surface area contributed by atoms with Gasteiger partial charge in [0.05, 0.1) is 10.5 Å². The van der Waals surface area contributed by atoms with Crippen LogP contribution in [0.3, 0.4) is 0 Å². The number of nitrogens with two attached hydrogens (primary N) is 2. The molecule has 0 fully saturated rings. The lowest BCUT2D eigenvalue weighted by Gasteiger charge is -2.10. The second-order valence-corrected chi connectivity index (χ2v) is 8.46. The van der Waals surface area contributed by atoms with E-state index in [1.807, 2.05) is 0 Å². The molecule has 0 atom stereocenters. The smallest absolute Gasteiger partial charge is 0.238 e. The van der Waals surface area contributed by atoms with E-state index in [4.69, 9.17) is 16.3 Å². The lowest BCUT2D eigenvalue weighted by atomic mass is 10.0. The summed E-state index contributed by atoms with van der Waals surface area (Å²) in [6.45, 7) is 0. The molecule has 8 nitrogen and oxygen atoms in total. The van der Waals surface area contributed by atoms with Crippen molar-refractivity contribution in [3.8, 4) is 16.9 Å². The van der Waals surface area contributed by atoms with Crippen molar-refractivity contribution in [1.82, 2.24) is 0 Å². The number of anilines is 1. The maximum absolute atomic E-state index is 12.3. The Morgan fingerprint density at radius 3 is 2.35 bits per heavy atom. The molecule has 7 N–H and O–H groups in total. The summed E-state index contributed by atoms with van der Waals surface area (Å²) in [5.74, 6) is -0.534. The summed E-state index contributed by atoms with van der Waals surface area (Å²) in [6.07, 6.45) is 0.602. The van der Waals surface area contributed by atoms with Crippen molar-refractivity contribution in [2.24, 2.45) is 10.9 Å². The van der Waals surface area contributed by atoms with Gasteiger partial charge in [-0.25, -0.2) is 13.6 Å². The van der Waals surface area contributed by atoms with E-state index in [1.54, 1.807) is 54.6 Å². The molecule has 0 aromatic heterocycles. The first-order chi connectivity index (χ1) is 14.6. The molecule has 9 heteroatoms. The van der Waals surface area contributed by atoms with E-state index in [9.17, 15) is 18.3 Å². The molecule has 3 aromatic rings. The quantitative estimate of drug-likeness (QED) is 0.283. The van der Waals surface area contributed by atoms with Crippen molar-refractivity contribution in [3.63, 3.8) is 0 Å². The van der Waals surface area contributed by atoms with Gasteiger partial charge in [0.1, 0.15) is 11.6 Å². The average Bonchev–Trinajstić information content (AvgIpc) is 2.73.